The Kier molecular flexibility index (Phi) is 6.36. The number of hydrogen-bond donors (Lipinski definition) is 2. The Labute approximate surface area is 115 Å². The van der Waals surface area contributed by atoms with Gasteiger partial charge in [0.25, 0.3) is 0 Å². The van der Waals surface area contributed by atoms with Gasteiger partial charge in [0.1, 0.15) is 5.75 Å². The summed E-state index contributed by atoms with van der Waals surface area (Å²) in [6.07, 6.45) is 1.35. The van der Waals surface area contributed by atoms with Gasteiger partial charge in [0, 0.05) is 24.7 Å². The topological polar surface area (TPSA) is 64.4 Å². The second-order valence-corrected chi connectivity index (χ2v) is 5.10. The number of aryl methyl sites for hydroxylation is 1. The lowest BCUT2D eigenvalue weighted by atomic mass is 10.1. The third kappa shape index (κ3) is 5.75. The van der Waals surface area contributed by atoms with Crippen molar-refractivity contribution in [2.45, 2.75) is 33.6 Å². The maximum absolute atomic E-state index is 11.5. The molecule has 3 N–H and O–H groups in total. The van der Waals surface area contributed by atoms with Gasteiger partial charge in [0.05, 0.1) is 6.61 Å². The first-order chi connectivity index (χ1) is 9.02. The van der Waals surface area contributed by atoms with Crippen LogP contribution in [0.15, 0.2) is 18.2 Å². The quantitative estimate of drug-likeness (QED) is 0.796. The number of hydrogen-bond acceptors (Lipinski definition) is 3. The monoisotopic (exact) mass is 264 g/mol. The van der Waals surface area contributed by atoms with E-state index in [2.05, 4.69) is 19.2 Å². The van der Waals surface area contributed by atoms with Gasteiger partial charge in [-0.2, -0.15) is 0 Å². The first-order valence-electron chi connectivity index (χ1n) is 6.76. The molecule has 0 saturated carbocycles. The van der Waals surface area contributed by atoms with Crippen LogP contribution in [-0.2, 0) is 4.79 Å². The smallest absolute Gasteiger partial charge is 0.225 e. The molecule has 0 saturated heterocycles. The molecule has 0 unspecified atom stereocenters. The highest BCUT2D eigenvalue weighted by Crippen LogP contribution is 2.23. The van der Waals surface area contributed by atoms with Gasteiger partial charge in [-0.1, -0.05) is 19.9 Å². The van der Waals surface area contributed by atoms with E-state index in [1.807, 2.05) is 25.1 Å². The molecular formula is C15H24N2O2. The summed E-state index contributed by atoms with van der Waals surface area (Å²) in [6.45, 7) is 7.38. The van der Waals surface area contributed by atoms with Crippen molar-refractivity contribution < 1.29 is 9.53 Å². The Morgan fingerprint density at radius 3 is 2.79 bits per heavy atom. The molecule has 0 fully saturated rings. The van der Waals surface area contributed by atoms with Gasteiger partial charge in [0.2, 0.25) is 5.91 Å². The molecule has 0 radical (unpaired) electrons. The molecule has 1 aromatic rings. The predicted octanol–water partition coefficient (Wildman–Crippen LogP) is 2.71. The first kappa shape index (κ1) is 15.5. The predicted molar refractivity (Wildman–Crippen MR) is 78.4 cm³/mol. The fourth-order valence-corrected chi connectivity index (χ4v) is 1.59. The molecule has 0 aliphatic heterocycles. The zero-order valence-corrected chi connectivity index (χ0v) is 12.0. The van der Waals surface area contributed by atoms with Gasteiger partial charge in [-0.05, 0) is 30.9 Å². The van der Waals surface area contributed by atoms with Crippen LogP contribution in [0.4, 0.5) is 5.69 Å². The van der Waals surface area contributed by atoms with Crippen molar-refractivity contribution >= 4 is 11.6 Å². The Morgan fingerprint density at radius 2 is 2.16 bits per heavy atom. The molecule has 1 aromatic carbocycles. The summed E-state index contributed by atoms with van der Waals surface area (Å²) in [5.74, 6) is 1.37. The van der Waals surface area contributed by atoms with Crippen LogP contribution in [0.5, 0.6) is 5.75 Å². The van der Waals surface area contributed by atoms with Crippen molar-refractivity contribution in [3.63, 3.8) is 0 Å². The van der Waals surface area contributed by atoms with Crippen molar-refractivity contribution in [1.29, 1.82) is 0 Å². The average molecular weight is 264 g/mol. The van der Waals surface area contributed by atoms with E-state index in [0.717, 1.165) is 23.4 Å². The highest BCUT2D eigenvalue weighted by atomic mass is 16.5. The summed E-state index contributed by atoms with van der Waals surface area (Å²) in [7, 11) is 0. The number of rotatable bonds is 7. The lowest BCUT2D eigenvalue weighted by molar-refractivity contribution is -0.116. The molecule has 0 aromatic heterocycles. The van der Waals surface area contributed by atoms with E-state index in [4.69, 9.17) is 10.5 Å². The minimum absolute atomic E-state index is 0.0699. The third-order valence-corrected chi connectivity index (χ3v) is 2.80. The zero-order chi connectivity index (χ0) is 14.3. The molecular weight excluding hydrogens is 240 g/mol. The van der Waals surface area contributed by atoms with Crippen LogP contribution in [0.3, 0.4) is 0 Å². The zero-order valence-electron chi connectivity index (χ0n) is 12.0. The van der Waals surface area contributed by atoms with Crippen LogP contribution in [0.25, 0.3) is 0 Å². The highest BCUT2D eigenvalue weighted by molar-refractivity contribution is 5.91. The fourth-order valence-electron chi connectivity index (χ4n) is 1.59. The van der Waals surface area contributed by atoms with E-state index in [-0.39, 0.29) is 5.91 Å². The molecule has 0 heterocycles. The molecule has 0 atom stereocenters. The van der Waals surface area contributed by atoms with E-state index in [1.54, 1.807) is 0 Å². The first-order valence-corrected chi connectivity index (χ1v) is 6.76. The SMILES string of the molecule is Cc1ccc(NC(=O)CCN)cc1OCCC(C)C. The molecule has 1 amide bonds. The number of nitrogens with one attached hydrogen (secondary N) is 1. The van der Waals surface area contributed by atoms with Crippen LogP contribution in [0.2, 0.25) is 0 Å². The van der Waals surface area contributed by atoms with Gasteiger partial charge < -0.3 is 15.8 Å². The average Bonchev–Trinajstić information content (AvgIpc) is 2.33. The Bertz CT molecular complexity index is 417. The Balaban J connectivity index is 2.63. The molecule has 0 spiro atoms. The van der Waals surface area contributed by atoms with Crippen molar-refractivity contribution in [3.05, 3.63) is 23.8 Å². The molecule has 1 rings (SSSR count). The number of amides is 1. The van der Waals surface area contributed by atoms with Gasteiger partial charge in [-0.25, -0.2) is 0 Å². The van der Waals surface area contributed by atoms with Gasteiger partial charge in [-0.3, -0.25) is 4.79 Å². The molecule has 0 bridgehead atoms. The van der Waals surface area contributed by atoms with E-state index in [1.165, 1.54) is 0 Å². The summed E-state index contributed by atoms with van der Waals surface area (Å²) >= 11 is 0. The number of carbonyl (C=O) groups excluding carboxylic acids is 1. The summed E-state index contributed by atoms with van der Waals surface area (Å²) < 4.78 is 5.75. The number of anilines is 1. The van der Waals surface area contributed by atoms with Crippen molar-refractivity contribution in [1.82, 2.24) is 0 Å². The Morgan fingerprint density at radius 1 is 1.42 bits per heavy atom. The van der Waals surface area contributed by atoms with E-state index in [0.29, 0.717) is 25.5 Å². The lowest BCUT2D eigenvalue weighted by Crippen LogP contribution is -2.16. The minimum atomic E-state index is -0.0699. The van der Waals surface area contributed by atoms with E-state index < -0.39 is 0 Å². The maximum atomic E-state index is 11.5. The highest BCUT2D eigenvalue weighted by Gasteiger charge is 2.05. The molecule has 0 aliphatic carbocycles. The van der Waals surface area contributed by atoms with E-state index >= 15 is 0 Å². The van der Waals surface area contributed by atoms with E-state index in [9.17, 15) is 4.79 Å². The largest absolute Gasteiger partial charge is 0.493 e. The van der Waals surface area contributed by atoms with Gasteiger partial charge in [0.15, 0.2) is 0 Å². The lowest BCUT2D eigenvalue weighted by Gasteiger charge is -2.12. The molecule has 106 valence electrons. The minimum Gasteiger partial charge on any atom is -0.493 e. The normalized spacial score (nSPS) is 10.6. The van der Waals surface area contributed by atoms with Crippen LogP contribution in [0, 0.1) is 12.8 Å². The molecule has 4 heteroatoms. The van der Waals surface area contributed by atoms with Crippen LogP contribution in [0.1, 0.15) is 32.3 Å². The molecule has 4 nitrogen and oxygen atoms in total. The summed E-state index contributed by atoms with van der Waals surface area (Å²) in [4.78, 5) is 11.5. The van der Waals surface area contributed by atoms with Crippen molar-refractivity contribution in [2.24, 2.45) is 11.7 Å². The van der Waals surface area contributed by atoms with Crippen molar-refractivity contribution in [3.8, 4) is 5.75 Å². The number of benzene rings is 1. The number of carbonyl (C=O) groups is 1. The fraction of sp³-hybridized carbons (Fsp3) is 0.533. The van der Waals surface area contributed by atoms with Gasteiger partial charge >= 0.3 is 0 Å². The maximum Gasteiger partial charge on any atom is 0.225 e. The number of ether oxygens (including phenoxy) is 1. The molecule has 19 heavy (non-hydrogen) atoms. The van der Waals surface area contributed by atoms with Crippen LogP contribution in [-0.4, -0.2) is 19.1 Å². The van der Waals surface area contributed by atoms with Crippen LogP contribution >= 0.6 is 0 Å². The number of nitrogens with two attached hydrogens (primary N) is 1. The second kappa shape index (κ2) is 7.79. The second-order valence-electron chi connectivity index (χ2n) is 5.10. The molecule has 0 aliphatic rings. The Hall–Kier alpha value is -1.55. The summed E-state index contributed by atoms with van der Waals surface area (Å²) in [5.41, 5.74) is 7.17. The standard InChI is InChI=1S/C15H24N2O2/c1-11(2)7-9-19-14-10-13(5-4-12(14)3)17-15(18)6-8-16/h4-5,10-11H,6-9,16H2,1-3H3,(H,17,18). The van der Waals surface area contributed by atoms with Crippen LogP contribution < -0.4 is 15.8 Å². The van der Waals surface area contributed by atoms with Gasteiger partial charge in [-0.15, -0.1) is 0 Å². The van der Waals surface area contributed by atoms with Crippen molar-refractivity contribution in [2.75, 3.05) is 18.5 Å². The third-order valence-electron chi connectivity index (χ3n) is 2.80. The summed E-state index contributed by atoms with van der Waals surface area (Å²) in [5, 5.41) is 2.81. The summed E-state index contributed by atoms with van der Waals surface area (Å²) in [6, 6.07) is 5.69.